The molecule has 0 aliphatic rings. The molecule has 2 aromatic rings. The van der Waals surface area contributed by atoms with Crippen molar-refractivity contribution in [2.75, 3.05) is 5.32 Å². The summed E-state index contributed by atoms with van der Waals surface area (Å²) in [7, 11) is 0. The van der Waals surface area contributed by atoms with Gasteiger partial charge in [-0.3, -0.25) is 5.10 Å². The molecule has 18 heavy (non-hydrogen) atoms. The topological polar surface area (TPSA) is 52.7 Å². The number of anilines is 1. The number of nitrogens with one attached hydrogen (secondary N) is 3. The van der Waals surface area contributed by atoms with Crippen LogP contribution in [0.2, 0.25) is 10.0 Å². The van der Waals surface area contributed by atoms with Crippen molar-refractivity contribution in [3.05, 3.63) is 46.2 Å². The van der Waals surface area contributed by atoms with E-state index in [-0.39, 0.29) is 0 Å². The highest BCUT2D eigenvalue weighted by atomic mass is 35.5. The lowest BCUT2D eigenvalue weighted by molar-refractivity contribution is 0.865. The summed E-state index contributed by atoms with van der Waals surface area (Å²) < 4.78 is 0. The highest BCUT2D eigenvalue weighted by Gasteiger charge is 2.03. The van der Waals surface area contributed by atoms with Crippen LogP contribution in [0.25, 0.3) is 0 Å². The normalized spacial score (nSPS) is 10.1. The number of aromatic nitrogens is 2. The standard InChI is InChI=1S/C11H10Cl2N4S/c12-7-1-2-10(9(13)5-7)16-11(18)14-6-8-3-4-15-17-8/h1-5H,6H2,(H,15,17)(H2,14,16,18). The zero-order chi connectivity index (χ0) is 13.0. The molecule has 4 nitrogen and oxygen atoms in total. The summed E-state index contributed by atoms with van der Waals surface area (Å²) in [5.74, 6) is 0. The molecule has 0 aliphatic heterocycles. The van der Waals surface area contributed by atoms with Gasteiger partial charge in [0.1, 0.15) is 0 Å². The highest BCUT2D eigenvalue weighted by Crippen LogP contribution is 2.25. The van der Waals surface area contributed by atoms with Crippen molar-refractivity contribution in [1.29, 1.82) is 0 Å². The molecule has 0 saturated heterocycles. The molecule has 0 fully saturated rings. The molecule has 0 unspecified atom stereocenters. The third kappa shape index (κ3) is 3.60. The molecule has 3 N–H and O–H groups in total. The second-order valence-electron chi connectivity index (χ2n) is 3.51. The maximum Gasteiger partial charge on any atom is 0.171 e. The number of thiocarbonyl (C=S) groups is 1. The number of aromatic amines is 1. The number of hydrogen-bond acceptors (Lipinski definition) is 2. The lowest BCUT2D eigenvalue weighted by Crippen LogP contribution is -2.28. The van der Waals surface area contributed by atoms with Gasteiger partial charge in [-0.15, -0.1) is 0 Å². The van der Waals surface area contributed by atoms with E-state index in [1.807, 2.05) is 6.07 Å². The molecular weight excluding hydrogens is 291 g/mol. The first kappa shape index (κ1) is 13.1. The van der Waals surface area contributed by atoms with Crippen molar-refractivity contribution in [3.63, 3.8) is 0 Å². The van der Waals surface area contributed by atoms with E-state index in [1.54, 1.807) is 24.4 Å². The first-order valence-corrected chi connectivity index (χ1v) is 6.30. The maximum atomic E-state index is 6.02. The molecule has 0 spiro atoms. The SMILES string of the molecule is S=C(NCc1ccn[nH]1)Nc1ccc(Cl)cc1Cl. The molecule has 0 bridgehead atoms. The lowest BCUT2D eigenvalue weighted by Gasteiger charge is -2.11. The number of H-pyrrole nitrogens is 1. The molecule has 1 heterocycles. The van der Waals surface area contributed by atoms with Crippen LogP contribution in [0.5, 0.6) is 0 Å². The van der Waals surface area contributed by atoms with Crippen LogP contribution in [0.15, 0.2) is 30.5 Å². The Labute approximate surface area is 120 Å². The van der Waals surface area contributed by atoms with Crippen LogP contribution in [0, 0.1) is 0 Å². The molecule has 1 aromatic heterocycles. The molecule has 0 radical (unpaired) electrons. The minimum atomic E-state index is 0.480. The van der Waals surface area contributed by atoms with Gasteiger partial charge in [0, 0.05) is 11.2 Å². The molecule has 0 aliphatic carbocycles. The van der Waals surface area contributed by atoms with Crippen molar-refractivity contribution < 1.29 is 0 Å². The van der Waals surface area contributed by atoms with Crippen LogP contribution in [0.3, 0.4) is 0 Å². The molecule has 1 aromatic carbocycles. The van der Waals surface area contributed by atoms with Gasteiger partial charge < -0.3 is 10.6 Å². The number of benzene rings is 1. The highest BCUT2D eigenvalue weighted by molar-refractivity contribution is 7.80. The predicted octanol–water partition coefficient (Wildman–Crippen LogP) is 3.20. The van der Waals surface area contributed by atoms with Crippen LogP contribution in [-0.4, -0.2) is 15.3 Å². The Morgan fingerprint density at radius 3 is 2.83 bits per heavy atom. The van der Waals surface area contributed by atoms with E-state index in [4.69, 9.17) is 35.4 Å². The fourth-order valence-corrected chi connectivity index (χ4v) is 1.95. The minimum Gasteiger partial charge on any atom is -0.357 e. The Bertz CT molecular complexity index is 542. The van der Waals surface area contributed by atoms with Crippen molar-refractivity contribution in [1.82, 2.24) is 15.5 Å². The van der Waals surface area contributed by atoms with E-state index in [0.717, 1.165) is 5.69 Å². The van der Waals surface area contributed by atoms with Gasteiger partial charge in [0.25, 0.3) is 0 Å². The van der Waals surface area contributed by atoms with E-state index in [9.17, 15) is 0 Å². The molecule has 7 heteroatoms. The summed E-state index contributed by atoms with van der Waals surface area (Å²) in [6.45, 7) is 0.567. The summed E-state index contributed by atoms with van der Waals surface area (Å²) >= 11 is 17.0. The molecule has 94 valence electrons. The van der Waals surface area contributed by atoms with E-state index < -0.39 is 0 Å². The van der Waals surface area contributed by atoms with Gasteiger partial charge in [0.05, 0.1) is 22.9 Å². The zero-order valence-electron chi connectivity index (χ0n) is 9.21. The van der Waals surface area contributed by atoms with Crippen molar-refractivity contribution in [3.8, 4) is 0 Å². The van der Waals surface area contributed by atoms with Gasteiger partial charge in [-0.05, 0) is 36.5 Å². The van der Waals surface area contributed by atoms with Crippen molar-refractivity contribution in [2.24, 2.45) is 0 Å². The zero-order valence-corrected chi connectivity index (χ0v) is 11.5. The first-order chi connectivity index (χ1) is 8.65. The van der Waals surface area contributed by atoms with Gasteiger partial charge in [-0.1, -0.05) is 23.2 Å². The Morgan fingerprint density at radius 1 is 1.33 bits per heavy atom. The Kier molecular flexibility index (Phi) is 4.41. The lowest BCUT2D eigenvalue weighted by atomic mass is 10.3. The third-order valence-electron chi connectivity index (χ3n) is 2.18. The third-order valence-corrected chi connectivity index (χ3v) is 2.97. The van der Waals surface area contributed by atoms with E-state index >= 15 is 0 Å². The van der Waals surface area contributed by atoms with Gasteiger partial charge in [0.2, 0.25) is 0 Å². The average Bonchev–Trinajstić information content (AvgIpc) is 2.83. The van der Waals surface area contributed by atoms with E-state index in [0.29, 0.717) is 27.4 Å². The molecule has 0 saturated carbocycles. The minimum absolute atomic E-state index is 0.480. The maximum absolute atomic E-state index is 6.02. The number of nitrogens with zero attached hydrogens (tertiary/aromatic N) is 1. The summed E-state index contributed by atoms with van der Waals surface area (Å²) in [4.78, 5) is 0. The van der Waals surface area contributed by atoms with Gasteiger partial charge in [0.15, 0.2) is 5.11 Å². The second kappa shape index (κ2) is 6.04. The number of rotatable bonds is 3. The smallest absolute Gasteiger partial charge is 0.171 e. The number of halogens is 2. The quantitative estimate of drug-likeness (QED) is 0.762. The average molecular weight is 301 g/mol. The van der Waals surface area contributed by atoms with Crippen LogP contribution in [0.1, 0.15) is 5.69 Å². The van der Waals surface area contributed by atoms with Crippen LogP contribution in [0.4, 0.5) is 5.69 Å². The summed E-state index contributed by atoms with van der Waals surface area (Å²) in [5.41, 5.74) is 1.66. The predicted molar refractivity (Wildman–Crippen MR) is 78.1 cm³/mol. The fraction of sp³-hybridized carbons (Fsp3) is 0.0909. The Hall–Kier alpha value is -1.30. The van der Waals surface area contributed by atoms with Crippen molar-refractivity contribution in [2.45, 2.75) is 6.54 Å². The van der Waals surface area contributed by atoms with Gasteiger partial charge >= 0.3 is 0 Å². The summed E-state index contributed by atoms with van der Waals surface area (Å²) in [6.07, 6.45) is 1.68. The largest absolute Gasteiger partial charge is 0.357 e. The van der Waals surface area contributed by atoms with Crippen LogP contribution < -0.4 is 10.6 Å². The fourth-order valence-electron chi connectivity index (χ4n) is 1.32. The van der Waals surface area contributed by atoms with Gasteiger partial charge in [-0.25, -0.2) is 0 Å². The molecular formula is C11H10Cl2N4S. The van der Waals surface area contributed by atoms with Crippen LogP contribution >= 0.6 is 35.4 Å². The first-order valence-electron chi connectivity index (χ1n) is 5.13. The Balaban J connectivity index is 1.91. The summed E-state index contributed by atoms with van der Waals surface area (Å²) in [5, 5.41) is 14.3. The van der Waals surface area contributed by atoms with Crippen molar-refractivity contribution >= 4 is 46.2 Å². The van der Waals surface area contributed by atoms with Gasteiger partial charge in [-0.2, -0.15) is 5.10 Å². The second-order valence-corrected chi connectivity index (χ2v) is 4.77. The molecule has 2 rings (SSSR count). The molecule has 0 amide bonds. The number of hydrogen-bond donors (Lipinski definition) is 3. The van der Waals surface area contributed by atoms with Crippen LogP contribution in [-0.2, 0) is 6.54 Å². The summed E-state index contributed by atoms with van der Waals surface area (Å²) in [6, 6.07) is 7.04. The van der Waals surface area contributed by atoms with E-state index in [1.165, 1.54) is 0 Å². The molecule has 0 atom stereocenters. The Morgan fingerprint density at radius 2 is 2.17 bits per heavy atom. The monoisotopic (exact) mass is 300 g/mol. The van der Waals surface area contributed by atoms with E-state index in [2.05, 4.69) is 20.8 Å².